The molecule has 2 heterocycles. The molecule has 1 aliphatic rings. The Kier molecular flexibility index (Phi) is 11.8. The molecule has 0 amide bonds. The standard InChI is InChI=1S/C32H31F9N4O6/c1-3-21-15-23(22-14-18(30(33,34)35)7-8-25(22)45(21)51-29(48)49-4-2)43-28-42-16-26(50-9-5-6-27(46)47)24(44-28)12-17-10-19(31(36,37)38)13-20(11-17)32(39,40)41/h7-8,10-11,13-14,16,21,23H,3-6,9,12,15H2,1-2H3,(H,46,47)(H,42,43,44)/t21-,23+/m1/s1. The van der Waals surface area contributed by atoms with Gasteiger partial charge in [0.1, 0.15) is 0 Å². The number of halogens is 9. The van der Waals surface area contributed by atoms with E-state index in [9.17, 15) is 49.1 Å². The van der Waals surface area contributed by atoms with Crippen LogP contribution in [0, 0.1) is 0 Å². The largest absolute Gasteiger partial charge is 0.533 e. The van der Waals surface area contributed by atoms with Crippen LogP contribution in [0.5, 0.6) is 5.75 Å². The highest BCUT2D eigenvalue weighted by Crippen LogP contribution is 2.43. The molecule has 10 nitrogen and oxygen atoms in total. The second-order valence-corrected chi connectivity index (χ2v) is 11.3. The van der Waals surface area contributed by atoms with Gasteiger partial charge in [-0.2, -0.15) is 44.6 Å². The number of hydroxylamine groups is 1. The molecular weight excluding hydrogens is 707 g/mol. The molecule has 2 atom stereocenters. The highest BCUT2D eigenvalue weighted by molar-refractivity contribution is 5.67. The summed E-state index contributed by atoms with van der Waals surface area (Å²) in [5, 5.41) is 13.0. The minimum atomic E-state index is -5.13. The second-order valence-electron chi connectivity index (χ2n) is 11.3. The molecule has 2 N–H and O–H groups in total. The monoisotopic (exact) mass is 738 g/mol. The van der Waals surface area contributed by atoms with E-state index in [2.05, 4.69) is 15.3 Å². The van der Waals surface area contributed by atoms with Crippen molar-refractivity contribution in [1.29, 1.82) is 0 Å². The molecule has 3 aromatic rings. The lowest BCUT2D eigenvalue weighted by atomic mass is 9.90. The predicted octanol–water partition coefficient (Wildman–Crippen LogP) is 8.60. The highest BCUT2D eigenvalue weighted by Gasteiger charge is 2.39. The summed E-state index contributed by atoms with van der Waals surface area (Å²) < 4.78 is 133. The molecule has 2 aromatic carbocycles. The Bertz CT molecular complexity index is 1680. The van der Waals surface area contributed by atoms with E-state index in [-0.39, 0.29) is 67.2 Å². The van der Waals surface area contributed by atoms with Crippen molar-refractivity contribution in [2.45, 2.75) is 76.6 Å². The van der Waals surface area contributed by atoms with Gasteiger partial charge >= 0.3 is 30.7 Å². The van der Waals surface area contributed by atoms with E-state index in [1.165, 1.54) is 6.92 Å². The van der Waals surface area contributed by atoms with Crippen molar-refractivity contribution in [1.82, 2.24) is 9.97 Å². The average molecular weight is 739 g/mol. The number of carbonyl (C=O) groups excluding carboxylic acids is 1. The van der Waals surface area contributed by atoms with Crippen molar-refractivity contribution in [2.75, 3.05) is 23.6 Å². The number of carboxylic acids is 1. The Morgan fingerprint density at radius 1 is 0.941 bits per heavy atom. The van der Waals surface area contributed by atoms with E-state index < -0.39 is 71.4 Å². The van der Waals surface area contributed by atoms with Crippen molar-refractivity contribution < 1.29 is 68.5 Å². The molecule has 4 rings (SSSR count). The number of aliphatic carboxylic acids is 1. The van der Waals surface area contributed by atoms with Crippen molar-refractivity contribution in [3.63, 3.8) is 0 Å². The molecule has 0 radical (unpaired) electrons. The molecule has 0 unspecified atom stereocenters. The molecule has 0 spiro atoms. The van der Waals surface area contributed by atoms with E-state index in [1.807, 2.05) is 0 Å². The Morgan fingerprint density at radius 2 is 1.59 bits per heavy atom. The molecule has 0 saturated carbocycles. The fraction of sp³-hybridized carbons (Fsp3) is 0.438. The van der Waals surface area contributed by atoms with Crippen LogP contribution in [0.2, 0.25) is 0 Å². The fourth-order valence-corrected chi connectivity index (χ4v) is 5.32. The number of nitrogens with zero attached hydrogens (tertiary/aromatic N) is 3. The molecular formula is C32H31F9N4O6. The van der Waals surface area contributed by atoms with Gasteiger partial charge in [-0.25, -0.2) is 14.8 Å². The van der Waals surface area contributed by atoms with Crippen LogP contribution < -0.4 is 15.1 Å². The van der Waals surface area contributed by atoms with Gasteiger partial charge in [0, 0.05) is 18.4 Å². The van der Waals surface area contributed by atoms with Crippen LogP contribution in [-0.4, -0.2) is 46.5 Å². The summed E-state index contributed by atoms with van der Waals surface area (Å²) in [4.78, 5) is 36.9. The number of aromatic nitrogens is 2. The Balaban J connectivity index is 1.77. The smallest absolute Gasteiger partial charge is 0.490 e. The zero-order chi connectivity index (χ0) is 37.7. The molecule has 278 valence electrons. The minimum Gasteiger partial charge on any atom is -0.490 e. The summed E-state index contributed by atoms with van der Waals surface area (Å²) in [6.07, 6.45) is -15.7. The van der Waals surface area contributed by atoms with Crippen LogP contribution in [0.4, 0.5) is 55.9 Å². The fourth-order valence-electron chi connectivity index (χ4n) is 5.32. The first-order chi connectivity index (χ1) is 23.8. The van der Waals surface area contributed by atoms with Gasteiger partial charge in [-0.1, -0.05) is 6.92 Å². The summed E-state index contributed by atoms with van der Waals surface area (Å²) in [5.41, 5.74) is -4.73. The highest BCUT2D eigenvalue weighted by atomic mass is 19.4. The predicted molar refractivity (Wildman–Crippen MR) is 161 cm³/mol. The van der Waals surface area contributed by atoms with Crippen LogP contribution in [0.15, 0.2) is 42.6 Å². The summed E-state index contributed by atoms with van der Waals surface area (Å²) >= 11 is 0. The molecule has 0 saturated heterocycles. The van der Waals surface area contributed by atoms with E-state index in [1.54, 1.807) is 6.92 Å². The van der Waals surface area contributed by atoms with Gasteiger partial charge in [-0.15, -0.1) is 0 Å². The number of alkyl halides is 9. The number of nitrogens with one attached hydrogen (secondary N) is 1. The number of anilines is 2. The van der Waals surface area contributed by atoms with E-state index in [0.717, 1.165) is 29.5 Å². The third-order valence-electron chi connectivity index (χ3n) is 7.66. The summed E-state index contributed by atoms with van der Waals surface area (Å²) in [5.74, 6) is -1.59. The van der Waals surface area contributed by atoms with Crippen molar-refractivity contribution in [3.8, 4) is 5.75 Å². The maximum absolute atomic E-state index is 13.8. The quantitative estimate of drug-likeness (QED) is 0.106. The van der Waals surface area contributed by atoms with Gasteiger partial charge in [-0.3, -0.25) is 4.79 Å². The third-order valence-corrected chi connectivity index (χ3v) is 7.66. The molecule has 0 bridgehead atoms. The first-order valence-corrected chi connectivity index (χ1v) is 15.4. The zero-order valence-corrected chi connectivity index (χ0v) is 26.9. The van der Waals surface area contributed by atoms with Gasteiger partial charge in [0.25, 0.3) is 0 Å². The van der Waals surface area contributed by atoms with E-state index >= 15 is 0 Å². The van der Waals surface area contributed by atoms with Crippen LogP contribution >= 0.6 is 0 Å². The Hall–Kier alpha value is -4.97. The molecule has 0 fully saturated rings. The van der Waals surface area contributed by atoms with Gasteiger partial charge < -0.3 is 24.7 Å². The van der Waals surface area contributed by atoms with E-state index in [0.29, 0.717) is 18.6 Å². The van der Waals surface area contributed by atoms with Gasteiger partial charge in [0.2, 0.25) is 5.95 Å². The molecule has 51 heavy (non-hydrogen) atoms. The normalized spacial score (nSPS) is 16.3. The van der Waals surface area contributed by atoms with Gasteiger partial charge in [0.05, 0.1) is 59.6 Å². The molecule has 19 heteroatoms. The lowest BCUT2D eigenvalue weighted by molar-refractivity contribution is -0.143. The lowest BCUT2D eigenvalue weighted by Crippen LogP contribution is -2.43. The maximum atomic E-state index is 13.8. The van der Waals surface area contributed by atoms with E-state index in [4.69, 9.17) is 19.4 Å². The summed E-state index contributed by atoms with van der Waals surface area (Å²) in [6.45, 7) is 3.00. The van der Waals surface area contributed by atoms with Crippen molar-refractivity contribution in [2.24, 2.45) is 0 Å². The average Bonchev–Trinajstić information content (AvgIpc) is 3.03. The number of ether oxygens (including phenoxy) is 2. The third kappa shape index (κ3) is 10.1. The topological polar surface area (TPSA) is 123 Å². The van der Waals surface area contributed by atoms with Crippen molar-refractivity contribution in [3.05, 3.63) is 76.1 Å². The number of carbonyl (C=O) groups is 2. The summed E-state index contributed by atoms with van der Waals surface area (Å²) in [7, 11) is 0. The van der Waals surface area contributed by atoms with Crippen LogP contribution in [0.1, 0.15) is 79.1 Å². The first kappa shape index (κ1) is 38.8. The number of hydrogen-bond donors (Lipinski definition) is 2. The number of fused-ring (bicyclic) bond motifs is 1. The van der Waals surface area contributed by atoms with Crippen LogP contribution in [-0.2, 0) is 39.3 Å². The van der Waals surface area contributed by atoms with Gasteiger partial charge in [-0.05, 0) is 68.1 Å². The molecule has 0 aliphatic carbocycles. The number of hydrogen-bond acceptors (Lipinski definition) is 9. The van der Waals surface area contributed by atoms with Crippen molar-refractivity contribution >= 4 is 23.8 Å². The second kappa shape index (κ2) is 15.5. The molecule has 1 aliphatic heterocycles. The lowest BCUT2D eigenvalue weighted by Gasteiger charge is -2.40. The van der Waals surface area contributed by atoms with Crippen LogP contribution in [0.3, 0.4) is 0 Å². The minimum absolute atomic E-state index is 0.00525. The summed E-state index contributed by atoms with van der Waals surface area (Å²) in [6, 6.07) is 2.15. The van der Waals surface area contributed by atoms with Gasteiger partial charge in [0.15, 0.2) is 5.75 Å². The molecule has 1 aromatic heterocycles. The SMILES string of the molecule is CCOC(=O)ON1c2ccc(C(F)(F)F)cc2[C@@H](Nc2ncc(OCCCC(=O)O)c(Cc3cc(C(F)(F)F)cc(C(F)(F)F)c3)n2)C[C@H]1CC. The maximum Gasteiger partial charge on any atom is 0.533 e. The van der Waals surface area contributed by atoms with Crippen LogP contribution in [0.25, 0.3) is 0 Å². The Labute approximate surface area is 284 Å². The zero-order valence-electron chi connectivity index (χ0n) is 26.9. The Morgan fingerprint density at radius 3 is 2.16 bits per heavy atom. The first-order valence-electron chi connectivity index (χ1n) is 15.4. The number of benzene rings is 2. The number of carboxylic acid groups (broad SMARTS) is 1. The number of rotatable bonds is 12.